The Hall–Kier alpha value is -3.76. The molecule has 7 nitrogen and oxygen atoms in total. The van der Waals surface area contributed by atoms with E-state index in [1.54, 1.807) is 6.92 Å². The molecule has 0 spiro atoms. The van der Waals surface area contributed by atoms with Crippen LogP contribution in [-0.2, 0) is 15.8 Å². The number of nitrogens with zero attached hydrogens (tertiary/aromatic N) is 3. The summed E-state index contributed by atoms with van der Waals surface area (Å²) >= 11 is 0. The number of nitrogens with one attached hydrogen (secondary N) is 1. The van der Waals surface area contributed by atoms with Gasteiger partial charge < -0.3 is 16.0 Å². The molecular weight excluding hydrogens is 430 g/mol. The molecule has 1 aliphatic heterocycles. The normalized spacial score (nSPS) is 14.6. The highest BCUT2D eigenvalue weighted by molar-refractivity contribution is 6.18. The Balaban J connectivity index is 1.90. The highest BCUT2D eigenvalue weighted by Gasteiger charge is 2.31. The minimum absolute atomic E-state index is 0.0754. The van der Waals surface area contributed by atoms with Crippen molar-refractivity contribution in [3.05, 3.63) is 64.9 Å². The van der Waals surface area contributed by atoms with Crippen molar-refractivity contribution >= 4 is 28.9 Å². The fourth-order valence-electron chi connectivity index (χ4n) is 3.11. The average Bonchev–Trinajstić information content (AvgIpc) is 2.79. The third-order valence-electron chi connectivity index (χ3n) is 4.48. The van der Waals surface area contributed by atoms with Crippen LogP contribution in [0.25, 0.3) is 0 Å². The standard InChI is InChI=1S/C21H19F4N5O2/c1-11(26)7-15-19-16(8-12(2)28-20(19)22)30(18(32)9-27-15)10-17(31)29-14-5-3-13(4-6-14)21(23,24)25/h3-8H,9-10,26H2,1-2H3,(H,29,31)/b11-7-. The van der Waals surface area contributed by atoms with Crippen molar-refractivity contribution < 1.29 is 27.2 Å². The second-order valence-corrected chi connectivity index (χ2v) is 7.14. The van der Waals surface area contributed by atoms with Crippen LogP contribution >= 0.6 is 0 Å². The topological polar surface area (TPSA) is 101 Å². The third-order valence-corrected chi connectivity index (χ3v) is 4.48. The molecule has 0 saturated carbocycles. The number of nitrogens with two attached hydrogens (primary N) is 1. The second kappa shape index (κ2) is 8.77. The molecule has 0 fully saturated rings. The van der Waals surface area contributed by atoms with Crippen molar-refractivity contribution in [2.75, 3.05) is 23.3 Å². The van der Waals surface area contributed by atoms with Gasteiger partial charge in [0.2, 0.25) is 17.8 Å². The Labute approximate surface area is 180 Å². The summed E-state index contributed by atoms with van der Waals surface area (Å²) in [5.41, 5.74) is 5.68. The largest absolute Gasteiger partial charge is 0.416 e. The van der Waals surface area contributed by atoms with Crippen LogP contribution in [0.5, 0.6) is 0 Å². The Morgan fingerprint density at radius 1 is 1.28 bits per heavy atom. The first-order valence-electron chi connectivity index (χ1n) is 9.39. The maximum atomic E-state index is 14.7. The molecule has 2 amide bonds. The lowest BCUT2D eigenvalue weighted by Gasteiger charge is -2.23. The van der Waals surface area contributed by atoms with Crippen LogP contribution in [0.3, 0.4) is 0 Å². The molecule has 1 aromatic carbocycles. The molecule has 168 valence electrons. The lowest BCUT2D eigenvalue weighted by molar-refractivity contribution is -0.137. The first-order chi connectivity index (χ1) is 15.0. The van der Waals surface area contributed by atoms with E-state index in [0.29, 0.717) is 5.70 Å². The van der Waals surface area contributed by atoms with Crippen molar-refractivity contribution in [3.63, 3.8) is 0 Å². The van der Waals surface area contributed by atoms with Gasteiger partial charge in [-0.25, -0.2) is 4.98 Å². The molecule has 3 N–H and O–H groups in total. The van der Waals surface area contributed by atoms with Crippen LogP contribution in [0.1, 0.15) is 23.7 Å². The van der Waals surface area contributed by atoms with Crippen LogP contribution in [0, 0.1) is 12.9 Å². The highest BCUT2D eigenvalue weighted by Crippen LogP contribution is 2.30. The number of hydrogen-bond acceptors (Lipinski definition) is 5. The quantitative estimate of drug-likeness (QED) is 0.553. The first kappa shape index (κ1) is 22.9. The Bertz CT molecular complexity index is 1120. The highest BCUT2D eigenvalue weighted by atomic mass is 19.4. The van der Waals surface area contributed by atoms with E-state index in [0.717, 1.165) is 29.2 Å². The van der Waals surface area contributed by atoms with Crippen molar-refractivity contribution in [1.82, 2.24) is 4.98 Å². The Morgan fingerprint density at radius 3 is 2.53 bits per heavy atom. The van der Waals surface area contributed by atoms with Crippen LogP contribution in [-0.4, -0.2) is 35.6 Å². The van der Waals surface area contributed by atoms with Crippen molar-refractivity contribution in [2.24, 2.45) is 10.7 Å². The SMILES string of the molecule is C/C(N)=C/C1=NCC(=O)N(CC(=O)Nc2ccc(C(F)(F)F)cc2)c2cc(C)nc(F)c21. The van der Waals surface area contributed by atoms with E-state index >= 15 is 0 Å². The molecule has 2 aromatic rings. The number of rotatable bonds is 4. The number of alkyl halides is 3. The zero-order valence-corrected chi connectivity index (χ0v) is 17.1. The average molecular weight is 449 g/mol. The number of hydrogen-bond donors (Lipinski definition) is 2. The van der Waals surface area contributed by atoms with E-state index in [1.165, 1.54) is 19.1 Å². The van der Waals surface area contributed by atoms with E-state index in [1.807, 2.05) is 0 Å². The van der Waals surface area contributed by atoms with Gasteiger partial charge in [-0.05, 0) is 50.3 Å². The number of halogens is 4. The molecule has 3 rings (SSSR count). The van der Waals surface area contributed by atoms with Gasteiger partial charge in [0.25, 0.3) is 0 Å². The monoisotopic (exact) mass is 449 g/mol. The van der Waals surface area contributed by atoms with Gasteiger partial charge in [0, 0.05) is 17.1 Å². The Kier molecular flexibility index (Phi) is 6.28. The lowest BCUT2D eigenvalue weighted by Crippen LogP contribution is -2.39. The molecule has 0 atom stereocenters. The minimum atomic E-state index is -4.51. The summed E-state index contributed by atoms with van der Waals surface area (Å²) in [4.78, 5) is 34.2. The molecule has 32 heavy (non-hydrogen) atoms. The number of allylic oxidation sites excluding steroid dienone is 2. The van der Waals surface area contributed by atoms with E-state index in [-0.39, 0.29) is 34.9 Å². The van der Waals surface area contributed by atoms with Gasteiger partial charge >= 0.3 is 6.18 Å². The number of benzene rings is 1. The fraction of sp³-hybridized carbons (Fsp3) is 0.238. The summed E-state index contributed by atoms with van der Waals surface area (Å²) < 4.78 is 52.8. The summed E-state index contributed by atoms with van der Waals surface area (Å²) in [7, 11) is 0. The number of pyridine rings is 1. The second-order valence-electron chi connectivity index (χ2n) is 7.14. The van der Waals surface area contributed by atoms with Gasteiger partial charge in [-0.2, -0.15) is 17.6 Å². The zero-order chi connectivity index (χ0) is 23.6. The van der Waals surface area contributed by atoms with Gasteiger partial charge in [0.15, 0.2) is 0 Å². The van der Waals surface area contributed by atoms with E-state index < -0.39 is 36.0 Å². The predicted octanol–water partition coefficient (Wildman–Crippen LogP) is 3.18. The number of amides is 2. The maximum Gasteiger partial charge on any atom is 0.416 e. The number of aryl methyl sites for hydroxylation is 1. The number of aromatic nitrogens is 1. The lowest BCUT2D eigenvalue weighted by atomic mass is 10.1. The van der Waals surface area contributed by atoms with Gasteiger partial charge in [0.1, 0.15) is 13.1 Å². The number of fused-ring (bicyclic) bond motifs is 1. The molecule has 0 radical (unpaired) electrons. The molecule has 0 saturated heterocycles. The summed E-state index contributed by atoms with van der Waals surface area (Å²) in [6, 6.07) is 5.30. The Morgan fingerprint density at radius 2 is 1.94 bits per heavy atom. The van der Waals surface area contributed by atoms with Gasteiger partial charge in [0.05, 0.1) is 22.5 Å². The number of anilines is 2. The summed E-state index contributed by atoms with van der Waals surface area (Å²) in [6.07, 6.45) is -3.10. The third kappa shape index (κ3) is 5.10. The maximum absolute atomic E-state index is 14.7. The molecule has 11 heteroatoms. The molecule has 0 aliphatic carbocycles. The minimum Gasteiger partial charge on any atom is -0.402 e. The van der Waals surface area contributed by atoms with Gasteiger partial charge in [-0.15, -0.1) is 0 Å². The summed E-state index contributed by atoms with van der Waals surface area (Å²) in [5, 5.41) is 2.43. The fourth-order valence-corrected chi connectivity index (χ4v) is 3.11. The van der Waals surface area contributed by atoms with Crippen molar-refractivity contribution in [3.8, 4) is 0 Å². The molecule has 1 aliphatic rings. The smallest absolute Gasteiger partial charge is 0.402 e. The van der Waals surface area contributed by atoms with Gasteiger partial charge in [-0.3, -0.25) is 14.6 Å². The van der Waals surface area contributed by atoms with Crippen LogP contribution in [0.2, 0.25) is 0 Å². The van der Waals surface area contributed by atoms with Crippen LogP contribution < -0.4 is 16.0 Å². The van der Waals surface area contributed by atoms with Crippen LogP contribution in [0.15, 0.2) is 47.1 Å². The van der Waals surface area contributed by atoms with Crippen molar-refractivity contribution in [1.29, 1.82) is 0 Å². The van der Waals surface area contributed by atoms with E-state index in [9.17, 15) is 27.2 Å². The number of carbonyl (C=O) groups is 2. The summed E-state index contributed by atoms with van der Waals surface area (Å²) in [5.74, 6) is -2.14. The predicted molar refractivity (Wildman–Crippen MR) is 111 cm³/mol. The van der Waals surface area contributed by atoms with Gasteiger partial charge in [-0.1, -0.05) is 0 Å². The zero-order valence-electron chi connectivity index (χ0n) is 17.1. The molecule has 0 bridgehead atoms. The number of carbonyl (C=O) groups excluding carboxylic acids is 2. The van der Waals surface area contributed by atoms with E-state index in [4.69, 9.17) is 5.73 Å². The van der Waals surface area contributed by atoms with Crippen molar-refractivity contribution in [2.45, 2.75) is 20.0 Å². The molecular formula is C21H19F4N5O2. The molecule has 2 heterocycles. The number of aliphatic imine (C=N–C) groups is 1. The van der Waals surface area contributed by atoms with E-state index in [2.05, 4.69) is 15.3 Å². The summed E-state index contributed by atoms with van der Waals surface area (Å²) in [6.45, 7) is 2.23. The molecule has 0 unspecified atom stereocenters. The first-order valence-corrected chi connectivity index (χ1v) is 9.39. The van der Waals surface area contributed by atoms with Crippen LogP contribution in [0.4, 0.5) is 28.9 Å². The molecule has 1 aromatic heterocycles.